The van der Waals surface area contributed by atoms with Crippen LogP contribution < -0.4 is 10.1 Å². The van der Waals surface area contributed by atoms with Crippen LogP contribution >= 0.6 is 36.4 Å². The minimum Gasteiger partial charge on any atom is -0.495 e. The molecule has 0 unspecified atom stereocenters. The SMILES string of the molecule is CCCCC[C@H](c1ccc(Cl)c(OC)c1)N1CCNCC1.Cl.Cl. The normalized spacial score (nSPS) is 16.1. The number of hydrogen-bond acceptors (Lipinski definition) is 3. The number of hydrogen-bond donors (Lipinski definition) is 1. The van der Waals surface area contributed by atoms with E-state index in [0.717, 1.165) is 31.9 Å². The lowest BCUT2D eigenvalue weighted by Gasteiger charge is -2.35. The third-order valence-electron chi connectivity index (χ3n) is 4.23. The molecule has 0 radical (unpaired) electrons. The van der Waals surface area contributed by atoms with E-state index in [1.54, 1.807) is 7.11 Å². The van der Waals surface area contributed by atoms with Gasteiger partial charge in [-0.05, 0) is 24.1 Å². The molecule has 0 aromatic heterocycles. The number of nitrogens with one attached hydrogen (secondary N) is 1. The van der Waals surface area contributed by atoms with Gasteiger partial charge in [-0.2, -0.15) is 0 Å². The molecule has 6 heteroatoms. The predicted molar refractivity (Wildman–Crippen MR) is 104 cm³/mol. The van der Waals surface area contributed by atoms with Crippen molar-refractivity contribution in [3.8, 4) is 5.75 Å². The molecule has 134 valence electrons. The molecule has 1 aromatic carbocycles. The lowest BCUT2D eigenvalue weighted by Crippen LogP contribution is -2.45. The monoisotopic (exact) mass is 382 g/mol. The van der Waals surface area contributed by atoms with Gasteiger partial charge in [-0.3, -0.25) is 4.90 Å². The van der Waals surface area contributed by atoms with Crippen LogP contribution in [0.2, 0.25) is 5.02 Å². The Kier molecular flexibility index (Phi) is 12.1. The zero-order chi connectivity index (χ0) is 15.1. The molecule has 1 aliphatic rings. The molecule has 1 saturated heterocycles. The number of benzene rings is 1. The van der Waals surface area contributed by atoms with Gasteiger partial charge in [0, 0.05) is 32.2 Å². The van der Waals surface area contributed by atoms with Crippen molar-refractivity contribution < 1.29 is 4.74 Å². The highest BCUT2D eigenvalue weighted by molar-refractivity contribution is 6.32. The number of piperazine rings is 1. The van der Waals surface area contributed by atoms with Gasteiger partial charge >= 0.3 is 0 Å². The smallest absolute Gasteiger partial charge is 0.137 e. The molecular formula is C17H29Cl3N2O. The maximum Gasteiger partial charge on any atom is 0.137 e. The Morgan fingerprint density at radius 2 is 1.91 bits per heavy atom. The lowest BCUT2D eigenvalue weighted by molar-refractivity contribution is 0.162. The van der Waals surface area contributed by atoms with Crippen LogP contribution in [0.3, 0.4) is 0 Å². The highest BCUT2D eigenvalue weighted by Crippen LogP contribution is 2.33. The van der Waals surface area contributed by atoms with E-state index in [1.165, 1.54) is 31.2 Å². The summed E-state index contributed by atoms with van der Waals surface area (Å²) in [5.74, 6) is 0.782. The third kappa shape index (κ3) is 6.67. The summed E-state index contributed by atoms with van der Waals surface area (Å²) in [6.07, 6.45) is 5.04. The second kappa shape index (κ2) is 12.2. The first-order chi connectivity index (χ1) is 10.3. The van der Waals surface area contributed by atoms with Gasteiger partial charge in [0.05, 0.1) is 12.1 Å². The number of ether oxygens (including phenoxy) is 1. The number of halogens is 3. The predicted octanol–water partition coefficient (Wildman–Crippen LogP) is 4.72. The maximum absolute atomic E-state index is 6.17. The standard InChI is InChI=1S/C17H27ClN2O.2ClH/c1-3-4-5-6-16(20-11-9-19-10-12-20)14-7-8-15(18)17(13-14)21-2;;/h7-8,13,16,19H,3-6,9-12H2,1-2H3;2*1H/t16-;;/m1../s1. The summed E-state index contributed by atoms with van der Waals surface area (Å²) in [5.41, 5.74) is 1.33. The van der Waals surface area contributed by atoms with Gasteiger partial charge in [0.15, 0.2) is 0 Å². The van der Waals surface area contributed by atoms with E-state index in [4.69, 9.17) is 16.3 Å². The second-order valence-corrected chi connectivity index (χ2v) is 6.10. The van der Waals surface area contributed by atoms with Crippen molar-refractivity contribution in [3.05, 3.63) is 28.8 Å². The van der Waals surface area contributed by atoms with E-state index >= 15 is 0 Å². The zero-order valence-electron chi connectivity index (χ0n) is 14.0. The maximum atomic E-state index is 6.17. The number of nitrogens with zero attached hydrogens (tertiary/aromatic N) is 1. The third-order valence-corrected chi connectivity index (χ3v) is 4.55. The molecule has 1 aromatic rings. The minimum absolute atomic E-state index is 0. The van der Waals surface area contributed by atoms with Gasteiger partial charge in [0.2, 0.25) is 0 Å². The summed E-state index contributed by atoms with van der Waals surface area (Å²) >= 11 is 6.17. The summed E-state index contributed by atoms with van der Waals surface area (Å²) in [7, 11) is 1.68. The van der Waals surface area contributed by atoms with Crippen molar-refractivity contribution in [2.75, 3.05) is 33.3 Å². The van der Waals surface area contributed by atoms with Gasteiger partial charge in [0.25, 0.3) is 0 Å². The Morgan fingerprint density at radius 1 is 1.22 bits per heavy atom. The van der Waals surface area contributed by atoms with E-state index in [-0.39, 0.29) is 24.8 Å². The fourth-order valence-corrected chi connectivity index (χ4v) is 3.22. The van der Waals surface area contributed by atoms with Crippen LogP contribution in [0, 0.1) is 0 Å². The van der Waals surface area contributed by atoms with E-state index in [2.05, 4.69) is 29.3 Å². The van der Waals surface area contributed by atoms with Gasteiger partial charge in [0.1, 0.15) is 5.75 Å². The summed E-state index contributed by atoms with van der Waals surface area (Å²) in [4.78, 5) is 2.59. The molecule has 1 atom stereocenters. The first-order valence-electron chi connectivity index (χ1n) is 8.04. The summed E-state index contributed by atoms with van der Waals surface area (Å²) in [6, 6.07) is 6.71. The topological polar surface area (TPSA) is 24.5 Å². The summed E-state index contributed by atoms with van der Waals surface area (Å²) in [5, 5.41) is 4.12. The van der Waals surface area contributed by atoms with Crippen molar-refractivity contribution in [1.29, 1.82) is 0 Å². The van der Waals surface area contributed by atoms with E-state index < -0.39 is 0 Å². The zero-order valence-corrected chi connectivity index (χ0v) is 16.4. The number of methoxy groups -OCH3 is 1. The molecule has 0 bridgehead atoms. The Labute approximate surface area is 157 Å². The van der Waals surface area contributed by atoms with Gasteiger partial charge < -0.3 is 10.1 Å². The largest absolute Gasteiger partial charge is 0.495 e. The molecule has 0 spiro atoms. The van der Waals surface area contributed by atoms with Crippen LogP contribution in [0.4, 0.5) is 0 Å². The van der Waals surface area contributed by atoms with Gasteiger partial charge in [-0.15, -0.1) is 24.8 Å². The summed E-state index contributed by atoms with van der Waals surface area (Å²) < 4.78 is 5.39. The van der Waals surface area contributed by atoms with Crippen molar-refractivity contribution >= 4 is 36.4 Å². The quantitative estimate of drug-likeness (QED) is 0.689. The average Bonchev–Trinajstić information content (AvgIpc) is 2.53. The molecule has 1 aliphatic heterocycles. The van der Waals surface area contributed by atoms with Crippen LogP contribution in [0.25, 0.3) is 0 Å². The molecule has 3 nitrogen and oxygen atoms in total. The molecule has 0 aliphatic carbocycles. The van der Waals surface area contributed by atoms with Crippen LogP contribution in [-0.4, -0.2) is 38.2 Å². The fraction of sp³-hybridized carbons (Fsp3) is 0.647. The molecular weight excluding hydrogens is 355 g/mol. The van der Waals surface area contributed by atoms with Crippen LogP contribution in [-0.2, 0) is 0 Å². The molecule has 1 N–H and O–H groups in total. The lowest BCUT2D eigenvalue weighted by atomic mass is 9.98. The van der Waals surface area contributed by atoms with Crippen molar-refractivity contribution in [2.24, 2.45) is 0 Å². The van der Waals surface area contributed by atoms with E-state index in [9.17, 15) is 0 Å². The molecule has 0 amide bonds. The van der Waals surface area contributed by atoms with Crippen LogP contribution in [0.1, 0.15) is 44.2 Å². The molecule has 2 rings (SSSR count). The first-order valence-corrected chi connectivity index (χ1v) is 8.42. The van der Waals surface area contributed by atoms with Crippen LogP contribution in [0.5, 0.6) is 5.75 Å². The Hall–Kier alpha value is -0.190. The minimum atomic E-state index is 0. The van der Waals surface area contributed by atoms with Crippen molar-refractivity contribution in [2.45, 2.75) is 38.6 Å². The van der Waals surface area contributed by atoms with Gasteiger partial charge in [-0.1, -0.05) is 43.9 Å². The average molecular weight is 384 g/mol. The van der Waals surface area contributed by atoms with Crippen molar-refractivity contribution in [3.63, 3.8) is 0 Å². The first kappa shape index (κ1) is 22.8. The molecule has 0 saturated carbocycles. The van der Waals surface area contributed by atoms with E-state index in [0.29, 0.717) is 11.1 Å². The molecule has 1 fully saturated rings. The molecule has 23 heavy (non-hydrogen) atoms. The Balaban J connectivity index is 0.00000242. The van der Waals surface area contributed by atoms with Gasteiger partial charge in [-0.25, -0.2) is 0 Å². The highest BCUT2D eigenvalue weighted by Gasteiger charge is 2.22. The number of rotatable bonds is 7. The highest BCUT2D eigenvalue weighted by atomic mass is 35.5. The summed E-state index contributed by atoms with van der Waals surface area (Å²) in [6.45, 7) is 6.64. The Bertz CT molecular complexity index is 440. The fourth-order valence-electron chi connectivity index (χ4n) is 3.03. The van der Waals surface area contributed by atoms with Crippen LogP contribution in [0.15, 0.2) is 18.2 Å². The second-order valence-electron chi connectivity index (χ2n) is 5.69. The molecule has 1 heterocycles. The van der Waals surface area contributed by atoms with E-state index in [1.807, 2.05) is 6.07 Å². The Morgan fingerprint density at radius 3 is 2.52 bits per heavy atom. The number of unbranched alkanes of at least 4 members (excludes halogenated alkanes) is 2. The van der Waals surface area contributed by atoms with Crippen molar-refractivity contribution in [1.82, 2.24) is 10.2 Å².